The van der Waals surface area contributed by atoms with Gasteiger partial charge in [0.1, 0.15) is 5.75 Å². The van der Waals surface area contributed by atoms with Crippen LogP contribution in [-0.2, 0) is 6.42 Å². The Morgan fingerprint density at radius 3 is 2.68 bits per heavy atom. The van der Waals surface area contributed by atoms with Gasteiger partial charge in [0, 0.05) is 5.54 Å². The summed E-state index contributed by atoms with van der Waals surface area (Å²) >= 11 is 0. The molecule has 1 fully saturated rings. The molecular weight excluding hydrogens is 330 g/mol. The van der Waals surface area contributed by atoms with Crippen molar-refractivity contribution in [3.05, 3.63) is 42.0 Å². The lowest BCUT2D eigenvalue weighted by atomic mass is 9.90. The Hall–Kier alpha value is -1.25. The monoisotopic (exact) mass is 361 g/mol. The highest BCUT2D eigenvalue weighted by atomic mass is 35.5. The first kappa shape index (κ1) is 20.1. The molecule has 2 nitrogen and oxygen atoms in total. The van der Waals surface area contributed by atoms with Gasteiger partial charge in [-0.25, -0.2) is 0 Å². The molecule has 0 N–H and O–H groups in total. The molecule has 0 radical (unpaired) electrons. The van der Waals surface area contributed by atoms with Crippen LogP contribution < -0.4 is 4.74 Å². The molecule has 0 atom stereocenters. The molecule has 2 aromatic carbocycles. The van der Waals surface area contributed by atoms with Crippen LogP contribution in [0, 0.1) is 0 Å². The minimum Gasteiger partial charge on any atom is -0.497 e. The molecule has 138 valence electrons. The summed E-state index contributed by atoms with van der Waals surface area (Å²) in [7, 11) is 1.73. The number of methoxy groups -OCH3 is 1. The van der Waals surface area contributed by atoms with Gasteiger partial charge in [-0.15, -0.1) is 12.4 Å². The quantitative estimate of drug-likeness (QED) is 0.597. The van der Waals surface area contributed by atoms with Crippen LogP contribution in [0.2, 0.25) is 0 Å². The summed E-state index contributed by atoms with van der Waals surface area (Å²) in [5.74, 6) is 0.937. The highest BCUT2D eigenvalue weighted by Gasteiger charge is 2.28. The average Bonchev–Trinajstić information content (AvgIpc) is 2.59. The first-order valence-corrected chi connectivity index (χ1v) is 9.41. The SMILES string of the molecule is COc1ccc2c(CCCCN3CCCCC3(C)C)cccc2c1.Cl. The maximum atomic E-state index is 5.34. The van der Waals surface area contributed by atoms with Crippen molar-refractivity contribution in [3.63, 3.8) is 0 Å². The van der Waals surface area contributed by atoms with Gasteiger partial charge in [-0.3, -0.25) is 4.90 Å². The van der Waals surface area contributed by atoms with Crippen LogP contribution in [0.1, 0.15) is 51.5 Å². The second-order valence-corrected chi connectivity index (χ2v) is 7.72. The molecular formula is C22H32ClNO. The highest BCUT2D eigenvalue weighted by Crippen LogP contribution is 2.28. The number of hydrogen-bond donors (Lipinski definition) is 0. The van der Waals surface area contributed by atoms with Crippen LogP contribution in [0.15, 0.2) is 36.4 Å². The molecule has 1 heterocycles. The Balaban J connectivity index is 0.00000225. The number of hydrogen-bond acceptors (Lipinski definition) is 2. The summed E-state index contributed by atoms with van der Waals surface area (Å²) in [5.41, 5.74) is 1.86. The molecule has 1 saturated heterocycles. The van der Waals surface area contributed by atoms with Gasteiger partial charge in [0.05, 0.1) is 7.11 Å². The van der Waals surface area contributed by atoms with Crippen molar-refractivity contribution in [1.82, 2.24) is 4.90 Å². The molecule has 3 heteroatoms. The third kappa shape index (κ3) is 4.89. The molecule has 0 aromatic heterocycles. The number of benzene rings is 2. The normalized spacial score (nSPS) is 17.2. The fraction of sp³-hybridized carbons (Fsp3) is 0.545. The molecule has 25 heavy (non-hydrogen) atoms. The number of likely N-dealkylation sites (tertiary alicyclic amines) is 1. The summed E-state index contributed by atoms with van der Waals surface area (Å²) in [6.45, 7) is 7.33. The lowest BCUT2D eigenvalue weighted by Crippen LogP contribution is -2.47. The lowest BCUT2D eigenvalue weighted by molar-refractivity contribution is 0.0753. The lowest BCUT2D eigenvalue weighted by Gasteiger charge is -2.42. The van der Waals surface area contributed by atoms with Crippen molar-refractivity contribution in [1.29, 1.82) is 0 Å². The smallest absolute Gasteiger partial charge is 0.119 e. The largest absolute Gasteiger partial charge is 0.497 e. The summed E-state index contributed by atoms with van der Waals surface area (Å²) < 4.78 is 5.34. The number of halogens is 1. The van der Waals surface area contributed by atoms with E-state index in [1.807, 2.05) is 0 Å². The number of nitrogens with zero attached hydrogens (tertiary/aromatic N) is 1. The highest BCUT2D eigenvalue weighted by molar-refractivity contribution is 5.87. The van der Waals surface area contributed by atoms with E-state index < -0.39 is 0 Å². The van der Waals surface area contributed by atoms with E-state index in [-0.39, 0.29) is 12.4 Å². The van der Waals surface area contributed by atoms with Crippen LogP contribution in [0.5, 0.6) is 5.75 Å². The zero-order valence-corrected chi connectivity index (χ0v) is 16.7. The minimum absolute atomic E-state index is 0. The standard InChI is InChI=1S/C22H31NO.ClH/c1-22(2)14-5-7-16-23(22)15-6-4-9-18-10-8-11-19-17-20(24-3)12-13-21(18)19;/h8,10-13,17H,4-7,9,14-16H2,1-3H3;1H. The number of piperidine rings is 1. The van der Waals surface area contributed by atoms with Crippen LogP contribution >= 0.6 is 12.4 Å². The minimum atomic E-state index is 0. The fourth-order valence-electron chi connectivity index (χ4n) is 4.03. The summed E-state index contributed by atoms with van der Waals surface area (Å²) in [6, 6.07) is 13.0. The van der Waals surface area contributed by atoms with Crippen molar-refractivity contribution in [3.8, 4) is 5.75 Å². The molecule has 0 bridgehead atoms. The van der Waals surface area contributed by atoms with Crippen molar-refractivity contribution in [2.75, 3.05) is 20.2 Å². The zero-order valence-electron chi connectivity index (χ0n) is 15.9. The zero-order chi connectivity index (χ0) is 17.0. The molecule has 3 rings (SSSR count). The van der Waals surface area contributed by atoms with Crippen LogP contribution in [0.4, 0.5) is 0 Å². The van der Waals surface area contributed by atoms with Crippen LogP contribution in [-0.4, -0.2) is 30.6 Å². The van der Waals surface area contributed by atoms with Gasteiger partial charge in [0.25, 0.3) is 0 Å². The number of unbranched alkanes of at least 4 members (excludes halogenated alkanes) is 1. The van der Waals surface area contributed by atoms with Gasteiger partial charge >= 0.3 is 0 Å². The van der Waals surface area contributed by atoms with Gasteiger partial charge in [-0.05, 0) is 87.5 Å². The first-order chi connectivity index (χ1) is 11.6. The molecule has 0 unspecified atom stereocenters. The maximum Gasteiger partial charge on any atom is 0.119 e. The third-order valence-corrected chi connectivity index (χ3v) is 5.62. The summed E-state index contributed by atoms with van der Waals surface area (Å²) in [5, 5.41) is 2.65. The van der Waals surface area contributed by atoms with Crippen molar-refractivity contribution in [2.24, 2.45) is 0 Å². The number of ether oxygens (including phenoxy) is 1. The molecule has 0 aliphatic carbocycles. The van der Waals surface area contributed by atoms with E-state index in [4.69, 9.17) is 4.74 Å². The van der Waals surface area contributed by atoms with Gasteiger partial charge in [0.2, 0.25) is 0 Å². The van der Waals surface area contributed by atoms with Crippen molar-refractivity contribution >= 4 is 23.2 Å². The molecule has 1 aliphatic heterocycles. The van der Waals surface area contributed by atoms with E-state index in [1.54, 1.807) is 7.11 Å². The Labute approximate surface area is 159 Å². The van der Waals surface area contributed by atoms with E-state index in [0.717, 1.165) is 12.2 Å². The predicted octanol–water partition coefficient (Wildman–Crippen LogP) is 5.86. The van der Waals surface area contributed by atoms with Crippen molar-refractivity contribution in [2.45, 2.75) is 57.9 Å². The topological polar surface area (TPSA) is 12.5 Å². The van der Waals surface area contributed by atoms with Crippen LogP contribution in [0.25, 0.3) is 10.8 Å². The first-order valence-electron chi connectivity index (χ1n) is 9.41. The number of aryl methyl sites for hydroxylation is 1. The second-order valence-electron chi connectivity index (χ2n) is 7.72. The van der Waals surface area contributed by atoms with Gasteiger partial charge < -0.3 is 4.74 Å². The number of rotatable bonds is 6. The van der Waals surface area contributed by atoms with E-state index in [9.17, 15) is 0 Å². The van der Waals surface area contributed by atoms with E-state index in [1.165, 1.54) is 61.5 Å². The van der Waals surface area contributed by atoms with Gasteiger partial charge in [-0.1, -0.05) is 30.7 Å². The van der Waals surface area contributed by atoms with E-state index >= 15 is 0 Å². The van der Waals surface area contributed by atoms with Crippen molar-refractivity contribution < 1.29 is 4.74 Å². The molecule has 0 spiro atoms. The molecule has 1 aliphatic rings. The Morgan fingerprint density at radius 1 is 1.08 bits per heavy atom. The van der Waals surface area contributed by atoms with Crippen LogP contribution in [0.3, 0.4) is 0 Å². The Morgan fingerprint density at radius 2 is 1.92 bits per heavy atom. The number of fused-ring (bicyclic) bond motifs is 1. The molecule has 0 saturated carbocycles. The second kappa shape index (κ2) is 8.91. The van der Waals surface area contributed by atoms with Gasteiger partial charge in [-0.2, -0.15) is 0 Å². The predicted molar refractivity (Wildman–Crippen MR) is 110 cm³/mol. The van der Waals surface area contributed by atoms with E-state index in [0.29, 0.717) is 5.54 Å². The van der Waals surface area contributed by atoms with Gasteiger partial charge in [0.15, 0.2) is 0 Å². The van der Waals surface area contributed by atoms with E-state index in [2.05, 4.69) is 55.1 Å². The maximum absolute atomic E-state index is 5.34. The molecule has 2 aromatic rings. The molecule has 0 amide bonds. The fourth-order valence-corrected chi connectivity index (χ4v) is 4.03. The summed E-state index contributed by atoms with van der Waals surface area (Å²) in [6.07, 6.45) is 7.82. The third-order valence-electron chi connectivity index (χ3n) is 5.62. The summed E-state index contributed by atoms with van der Waals surface area (Å²) in [4.78, 5) is 2.70. The average molecular weight is 362 g/mol. The Kier molecular flexibility index (Phi) is 7.15. The Bertz CT molecular complexity index is 683.